The number of carbonyl (C=O) groups excluding carboxylic acids is 2. The zero-order valence-electron chi connectivity index (χ0n) is 51.2. The summed E-state index contributed by atoms with van der Waals surface area (Å²) in [5.74, 6) is -0.818. The summed E-state index contributed by atoms with van der Waals surface area (Å²) in [6.07, 6.45) is 76.0. The summed E-state index contributed by atoms with van der Waals surface area (Å²) in [5, 5.41) is 0. The summed E-state index contributed by atoms with van der Waals surface area (Å²) in [6, 6.07) is 0. The van der Waals surface area contributed by atoms with Crippen LogP contribution in [0.3, 0.4) is 0 Å². The number of rotatable bonds is 60. The maximum absolute atomic E-state index is 12.8. The standard InChI is InChI=1S/C67H124NO8P/c1-6-8-10-12-14-16-18-20-21-22-23-24-25-26-27-28-29-30-31-32-33-34-35-36-37-38-39-40-41-42-43-44-45-46-47-48-50-52-54-56-58-60-67(70)76-65(64-75-77(71,72)74-62-61-68(3,4)5)63-73-66(69)59-57-55-53-51-49-19-17-15-13-11-9-7-2/h8,10,14,16,20-21,23-24,26-27,65H,6-7,9,11-13,15,17-19,22,25,28-64H2,1-5H3/b10-8-,16-14-,21-20-,24-23-,27-26-. The van der Waals surface area contributed by atoms with Gasteiger partial charge in [-0.15, -0.1) is 0 Å². The number of allylic oxidation sites excluding steroid dienone is 10. The Hall–Kier alpha value is -2.29. The van der Waals surface area contributed by atoms with E-state index in [0.717, 1.165) is 64.2 Å². The molecule has 77 heavy (non-hydrogen) atoms. The number of nitrogens with zero attached hydrogens (tertiary/aromatic N) is 1. The molecule has 0 N–H and O–H groups in total. The fourth-order valence-electron chi connectivity index (χ4n) is 9.33. The molecule has 0 aromatic rings. The average Bonchev–Trinajstić information content (AvgIpc) is 3.39. The van der Waals surface area contributed by atoms with Crippen molar-refractivity contribution in [1.82, 2.24) is 0 Å². The highest BCUT2D eigenvalue weighted by molar-refractivity contribution is 7.45. The zero-order valence-corrected chi connectivity index (χ0v) is 52.1. The Balaban J connectivity index is 3.84. The van der Waals surface area contributed by atoms with Crippen molar-refractivity contribution in [2.75, 3.05) is 47.5 Å². The quantitative estimate of drug-likeness (QED) is 0.0195. The van der Waals surface area contributed by atoms with Crippen LogP contribution in [-0.4, -0.2) is 70.0 Å². The molecule has 0 bridgehead atoms. The highest BCUT2D eigenvalue weighted by Crippen LogP contribution is 2.38. The molecule has 0 aromatic heterocycles. The van der Waals surface area contributed by atoms with Crippen LogP contribution in [0.4, 0.5) is 0 Å². The molecule has 0 saturated heterocycles. The minimum atomic E-state index is -4.63. The maximum atomic E-state index is 12.8. The summed E-state index contributed by atoms with van der Waals surface area (Å²) < 4.78 is 34.1. The van der Waals surface area contributed by atoms with E-state index >= 15 is 0 Å². The molecule has 0 aliphatic rings. The highest BCUT2D eigenvalue weighted by atomic mass is 31.2. The van der Waals surface area contributed by atoms with Crippen molar-refractivity contribution >= 4 is 19.8 Å². The lowest BCUT2D eigenvalue weighted by Crippen LogP contribution is -2.37. The summed E-state index contributed by atoms with van der Waals surface area (Å²) in [6.45, 7) is 4.15. The molecule has 0 fully saturated rings. The Morgan fingerprint density at radius 3 is 1.10 bits per heavy atom. The van der Waals surface area contributed by atoms with Gasteiger partial charge in [-0.3, -0.25) is 14.2 Å². The van der Waals surface area contributed by atoms with Crippen molar-refractivity contribution in [3.8, 4) is 0 Å². The Morgan fingerprint density at radius 1 is 0.416 bits per heavy atom. The number of hydrogen-bond donors (Lipinski definition) is 0. The van der Waals surface area contributed by atoms with Gasteiger partial charge in [-0.05, 0) is 57.8 Å². The summed E-state index contributed by atoms with van der Waals surface area (Å²) in [7, 11) is 1.18. The van der Waals surface area contributed by atoms with Gasteiger partial charge in [-0.1, -0.05) is 293 Å². The lowest BCUT2D eigenvalue weighted by atomic mass is 10.0. The lowest BCUT2D eigenvalue weighted by molar-refractivity contribution is -0.870. The fraction of sp³-hybridized carbons (Fsp3) is 0.821. The number of esters is 2. The third-order valence-electron chi connectivity index (χ3n) is 14.3. The van der Waals surface area contributed by atoms with E-state index in [9.17, 15) is 19.0 Å². The monoisotopic (exact) mass is 1100 g/mol. The van der Waals surface area contributed by atoms with Crippen molar-refractivity contribution in [1.29, 1.82) is 0 Å². The van der Waals surface area contributed by atoms with Crippen LogP contribution in [0.1, 0.15) is 303 Å². The van der Waals surface area contributed by atoms with E-state index in [1.54, 1.807) is 0 Å². The number of unbranched alkanes of at least 4 members (excludes halogenated alkanes) is 36. The normalized spacial score (nSPS) is 13.6. The topological polar surface area (TPSA) is 111 Å². The molecule has 10 heteroatoms. The number of carbonyl (C=O) groups is 2. The molecule has 0 aromatic carbocycles. The van der Waals surface area contributed by atoms with Crippen molar-refractivity contribution in [3.63, 3.8) is 0 Å². The van der Waals surface area contributed by atoms with Gasteiger partial charge in [0.1, 0.15) is 19.8 Å². The van der Waals surface area contributed by atoms with Gasteiger partial charge in [0.05, 0.1) is 27.7 Å². The molecule has 0 radical (unpaired) electrons. The van der Waals surface area contributed by atoms with E-state index in [4.69, 9.17) is 18.5 Å². The van der Waals surface area contributed by atoms with Crippen LogP contribution >= 0.6 is 7.82 Å². The van der Waals surface area contributed by atoms with E-state index in [1.165, 1.54) is 205 Å². The van der Waals surface area contributed by atoms with E-state index < -0.39 is 26.5 Å². The smallest absolute Gasteiger partial charge is 0.306 e. The van der Waals surface area contributed by atoms with Crippen molar-refractivity contribution in [2.45, 2.75) is 309 Å². The molecule has 0 saturated carbocycles. The van der Waals surface area contributed by atoms with Crippen LogP contribution in [0.2, 0.25) is 0 Å². The molecule has 0 aliphatic heterocycles. The van der Waals surface area contributed by atoms with E-state index in [1.807, 2.05) is 21.1 Å². The van der Waals surface area contributed by atoms with Gasteiger partial charge in [0.15, 0.2) is 6.10 Å². The Labute approximate surface area is 476 Å². The Bertz CT molecular complexity index is 1480. The number of quaternary nitrogens is 1. The van der Waals surface area contributed by atoms with Gasteiger partial charge in [0, 0.05) is 12.8 Å². The predicted molar refractivity (Wildman–Crippen MR) is 328 cm³/mol. The Kier molecular flexibility index (Phi) is 56.6. The van der Waals surface area contributed by atoms with Crippen LogP contribution < -0.4 is 4.89 Å². The molecule has 2 unspecified atom stereocenters. The second-order valence-corrected chi connectivity index (χ2v) is 24.5. The summed E-state index contributed by atoms with van der Waals surface area (Å²) in [4.78, 5) is 37.8. The van der Waals surface area contributed by atoms with Gasteiger partial charge in [-0.2, -0.15) is 0 Å². The van der Waals surface area contributed by atoms with Gasteiger partial charge < -0.3 is 27.9 Å². The van der Waals surface area contributed by atoms with Crippen LogP contribution in [0, 0.1) is 0 Å². The SMILES string of the molecule is CC/C=C\C/C=C\C/C=C\C/C=C\C/C=C\CCCCCCCCCCCCCCCCCCCCCCCCCCCC(=O)OC(COC(=O)CCCCCCCCCCCCCC)COP(=O)([O-])OCC[N+](C)(C)C. The van der Waals surface area contributed by atoms with Crippen LogP contribution in [-0.2, 0) is 32.7 Å². The highest BCUT2D eigenvalue weighted by Gasteiger charge is 2.22. The van der Waals surface area contributed by atoms with E-state index in [0.29, 0.717) is 17.4 Å². The maximum Gasteiger partial charge on any atom is 0.306 e. The molecule has 0 rings (SSSR count). The van der Waals surface area contributed by atoms with Gasteiger partial charge >= 0.3 is 11.9 Å². The number of likely N-dealkylation sites (N-methyl/N-ethyl adjacent to an activating group) is 1. The summed E-state index contributed by atoms with van der Waals surface area (Å²) >= 11 is 0. The first-order valence-electron chi connectivity index (χ1n) is 32.5. The van der Waals surface area contributed by atoms with Crippen molar-refractivity contribution in [3.05, 3.63) is 60.8 Å². The van der Waals surface area contributed by atoms with Gasteiger partial charge in [0.2, 0.25) is 0 Å². The van der Waals surface area contributed by atoms with E-state index in [-0.39, 0.29) is 32.0 Å². The first kappa shape index (κ1) is 74.7. The molecule has 0 spiro atoms. The molecular formula is C67H124NO8P. The fourth-order valence-corrected chi connectivity index (χ4v) is 10.1. The average molecular weight is 1100 g/mol. The predicted octanol–water partition coefficient (Wildman–Crippen LogP) is 20.0. The second-order valence-electron chi connectivity index (χ2n) is 23.1. The molecule has 0 aliphatic carbocycles. The molecule has 450 valence electrons. The lowest BCUT2D eigenvalue weighted by Gasteiger charge is -2.28. The Morgan fingerprint density at radius 2 is 0.740 bits per heavy atom. The number of phosphoric acid groups is 1. The number of ether oxygens (including phenoxy) is 2. The number of phosphoric ester groups is 1. The van der Waals surface area contributed by atoms with Crippen LogP contribution in [0.5, 0.6) is 0 Å². The third-order valence-corrected chi connectivity index (χ3v) is 15.3. The minimum Gasteiger partial charge on any atom is -0.756 e. The van der Waals surface area contributed by atoms with Crippen molar-refractivity contribution < 1.29 is 42.1 Å². The zero-order chi connectivity index (χ0) is 56.3. The van der Waals surface area contributed by atoms with Crippen LogP contribution in [0.25, 0.3) is 0 Å². The first-order chi connectivity index (χ1) is 37.5. The van der Waals surface area contributed by atoms with Gasteiger partial charge in [-0.25, -0.2) is 0 Å². The molecule has 0 heterocycles. The molecule has 0 amide bonds. The molecule has 9 nitrogen and oxygen atoms in total. The van der Waals surface area contributed by atoms with Crippen LogP contribution in [0.15, 0.2) is 60.8 Å². The third kappa shape index (κ3) is 62.8. The van der Waals surface area contributed by atoms with Crippen molar-refractivity contribution in [2.24, 2.45) is 0 Å². The molecular weight excluding hydrogens is 978 g/mol. The second kappa shape index (κ2) is 58.4. The van der Waals surface area contributed by atoms with E-state index in [2.05, 4.69) is 74.6 Å². The minimum absolute atomic E-state index is 0.0281. The largest absolute Gasteiger partial charge is 0.756 e. The summed E-state index contributed by atoms with van der Waals surface area (Å²) in [5.41, 5.74) is 0. The number of hydrogen-bond acceptors (Lipinski definition) is 8. The molecule has 2 atom stereocenters. The first-order valence-corrected chi connectivity index (χ1v) is 34.0. The van der Waals surface area contributed by atoms with Gasteiger partial charge in [0.25, 0.3) is 7.82 Å².